The van der Waals surface area contributed by atoms with Crippen molar-refractivity contribution >= 4 is 17.7 Å². The van der Waals surface area contributed by atoms with Gasteiger partial charge >= 0.3 is 0 Å². The molecule has 3 aliphatic rings. The molecule has 0 aromatic heterocycles. The van der Waals surface area contributed by atoms with Crippen LogP contribution in [0.15, 0.2) is 18.2 Å². The van der Waals surface area contributed by atoms with Crippen LogP contribution in [-0.4, -0.2) is 65.7 Å². The third-order valence-corrected chi connectivity index (χ3v) is 6.06. The summed E-state index contributed by atoms with van der Waals surface area (Å²) in [4.78, 5) is 40.1. The number of nitrogens with one attached hydrogen (secondary N) is 2. The lowest BCUT2D eigenvalue weighted by atomic mass is 10.0. The van der Waals surface area contributed by atoms with E-state index >= 15 is 0 Å². The van der Waals surface area contributed by atoms with E-state index in [1.807, 2.05) is 12.1 Å². The summed E-state index contributed by atoms with van der Waals surface area (Å²) in [5.74, 6) is -0.894. The molecule has 3 amide bonds. The van der Waals surface area contributed by atoms with Gasteiger partial charge in [0.1, 0.15) is 6.04 Å². The summed E-state index contributed by atoms with van der Waals surface area (Å²) >= 11 is 0. The molecule has 2 N–H and O–H groups in total. The van der Waals surface area contributed by atoms with Crippen molar-refractivity contribution in [2.45, 2.75) is 57.3 Å². The van der Waals surface area contributed by atoms with Crippen LogP contribution in [0.5, 0.6) is 0 Å². The molecule has 4 rings (SSSR count). The van der Waals surface area contributed by atoms with Gasteiger partial charge in [-0.3, -0.25) is 24.6 Å². The summed E-state index contributed by atoms with van der Waals surface area (Å²) < 4.78 is 24.9. The van der Waals surface area contributed by atoms with Crippen LogP contribution in [0.1, 0.15) is 47.2 Å². The van der Waals surface area contributed by atoms with E-state index in [2.05, 4.69) is 15.5 Å². The zero-order valence-electron chi connectivity index (χ0n) is 16.7. The summed E-state index contributed by atoms with van der Waals surface area (Å²) in [5.41, 5.74) is 2.53. The molecule has 30 heavy (non-hydrogen) atoms. The molecule has 0 aliphatic carbocycles. The molecule has 0 bridgehead atoms. The third-order valence-electron chi connectivity index (χ3n) is 6.06. The molecule has 2 saturated heterocycles. The van der Waals surface area contributed by atoms with Crippen LogP contribution in [0.25, 0.3) is 0 Å². The van der Waals surface area contributed by atoms with Crippen molar-refractivity contribution in [3.63, 3.8) is 0 Å². The van der Waals surface area contributed by atoms with Crippen molar-refractivity contribution in [2.24, 2.45) is 0 Å². The second-order valence-electron chi connectivity index (χ2n) is 8.27. The lowest BCUT2D eigenvalue weighted by Gasteiger charge is -2.33. The number of hydrogen-bond donors (Lipinski definition) is 2. The number of benzene rings is 1. The van der Waals surface area contributed by atoms with Crippen molar-refractivity contribution in [3.8, 4) is 0 Å². The fourth-order valence-electron chi connectivity index (χ4n) is 4.61. The van der Waals surface area contributed by atoms with Gasteiger partial charge in [-0.05, 0) is 43.0 Å². The van der Waals surface area contributed by atoms with Crippen molar-refractivity contribution < 1.29 is 23.2 Å². The van der Waals surface area contributed by atoms with E-state index in [4.69, 9.17) is 0 Å². The number of fused-ring (bicyclic) bond motifs is 1. The van der Waals surface area contributed by atoms with Gasteiger partial charge in [0.15, 0.2) is 0 Å². The van der Waals surface area contributed by atoms with E-state index in [0.717, 1.165) is 30.5 Å². The molecule has 2 fully saturated rings. The summed E-state index contributed by atoms with van der Waals surface area (Å²) in [6.07, 6.45) is 0.0772. The van der Waals surface area contributed by atoms with Gasteiger partial charge in [-0.15, -0.1) is 0 Å². The zero-order chi connectivity index (χ0) is 21.3. The van der Waals surface area contributed by atoms with E-state index in [-0.39, 0.29) is 30.8 Å². The average molecular weight is 420 g/mol. The fraction of sp³-hybridized carbons (Fsp3) is 0.571. The molecule has 162 valence electrons. The Kier molecular flexibility index (Phi) is 6.10. The van der Waals surface area contributed by atoms with Crippen LogP contribution in [0.4, 0.5) is 8.78 Å². The first-order valence-electron chi connectivity index (χ1n) is 10.4. The van der Waals surface area contributed by atoms with Gasteiger partial charge in [0.05, 0.1) is 6.54 Å². The van der Waals surface area contributed by atoms with Crippen LogP contribution >= 0.6 is 0 Å². The average Bonchev–Trinajstić information content (AvgIpc) is 3.02. The number of halogens is 2. The number of imide groups is 1. The second kappa shape index (κ2) is 8.77. The Morgan fingerprint density at radius 1 is 1.20 bits per heavy atom. The van der Waals surface area contributed by atoms with Gasteiger partial charge in [-0.25, -0.2) is 8.78 Å². The highest BCUT2D eigenvalue weighted by Gasteiger charge is 2.39. The van der Waals surface area contributed by atoms with E-state index < -0.39 is 18.4 Å². The Bertz CT molecular complexity index is 848. The van der Waals surface area contributed by atoms with Crippen LogP contribution in [0, 0.1) is 0 Å². The van der Waals surface area contributed by atoms with Crippen LogP contribution in [0.2, 0.25) is 0 Å². The molecule has 7 nitrogen and oxygen atoms in total. The minimum Gasteiger partial charge on any atom is -0.322 e. The molecule has 1 aromatic carbocycles. The Balaban J connectivity index is 1.39. The molecule has 1 aromatic rings. The first-order chi connectivity index (χ1) is 14.4. The summed E-state index contributed by atoms with van der Waals surface area (Å²) in [7, 11) is 0. The molecule has 0 saturated carbocycles. The third kappa shape index (κ3) is 4.52. The molecule has 2 unspecified atom stereocenters. The standard InChI is InChI=1S/C21H26F2N4O3/c22-18(23)9-24-15-2-1-7-26(12-15)10-13-3-4-16-14(8-13)11-27(21(16)30)17-5-6-19(28)25-20(17)29/h3-4,8,15,17-18,24H,1-2,5-7,9-12H2,(H,25,28,29). The first kappa shape index (κ1) is 20.9. The smallest absolute Gasteiger partial charge is 0.255 e. The highest BCUT2D eigenvalue weighted by atomic mass is 19.3. The number of likely N-dealkylation sites (tertiary alicyclic amines) is 1. The van der Waals surface area contributed by atoms with E-state index in [0.29, 0.717) is 31.6 Å². The number of hydrogen-bond acceptors (Lipinski definition) is 5. The fourth-order valence-corrected chi connectivity index (χ4v) is 4.61. The Hall–Kier alpha value is -2.39. The number of nitrogens with zero attached hydrogens (tertiary/aromatic N) is 2. The van der Waals surface area contributed by atoms with E-state index in [1.54, 1.807) is 11.0 Å². The lowest BCUT2D eigenvalue weighted by Crippen LogP contribution is -2.52. The number of rotatable bonds is 6. The number of carbonyl (C=O) groups is 3. The normalized spacial score (nSPS) is 25.0. The minimum absolute atomic E-state index is 0.0618. The van der Waals surface area contributed by atoms with Crippen molar-refractivity contribution in [1.82, 2.24) is 20.4 Å². The molecule has 2 atom stereocenters. The predicted molar refractivity (Wildman–Crippen MR) is 105 cm³/mol. The number of carbonyl (C=O) groups excluding carboxylic acids is 3. The largest absolute Gasteiger partial charge is 0.322 e. The van der Waals surface area contributed by atoms with Gasteiger partial charge in [-0.2, -0.15) is 0 Å². The Morgan fingerprint density at radius 2 is 2.03 bits per heavy atom. The molecule has 0 spiro atoms. The van der Waals surface area contributed by atoms with Gasteiger partial charge in [-0.1, -0.05) is 12.1 Å². The first-order valence-corrected chi connectivity index (χ1v) is 10.4. The maximum atomic E-state index is 12.8. The highest BCUT2D eigenvalue weighted by molar-refractivity contribution is 6.05. The predicted octanol–water partition coefficient (Wildman–Crippen LogP) is 1.27. The quantitative estimate of drug-likeness (QED) is 0.678. The Labute approximate surface area is 173 Å². The van der Waals surface area contributed by atoms with Crippen molar-refractivity contribution in [1.29, 1.82) is 0 Å². The SMILES string of the molecule is O=C1CCC(N2Cc3cc(CN4CCCC(NCC(F)F)C4)ccc3C2=O)C(=O)N1. The lowest BCUT2D eigenvalue weighted by molar-refractivity contribution is -0.136. The molecule has 9 heteroatoms. The molecular weight excluding hydrogens is 394 g/mol. The van der Waals surface area contributed by atoms with Gasteiger partial charge in [0.2, 0.25) is 11.8 Å². The van der Waals surface area contributed by atoms with Crippen molar-refractivity contribution in [2.75, 3.05) is 19.6 Å². The summed E-state index contributed by atoms with van der Waals surface area (Å²) in [6.45, 7) is 2.38. The maximum Gasteiger partial charge on any atom is 0.255 e. The minimum atomic E-state index is -2.35. The van der Waals surface area contributed by atoms with E-state index in [9.17, 15) is 23.2 Å². The highest BCUT2D eigenvalue weighted by Crippen LogP contribution is 2.28. The van der Waals surface area contributed by atoms with Gasteiger partial charge in [0.25, 0.3) is 12.3 Å². The summed E-state index contributed by atoms with van der Waals surface area (Å²) in [5, 5.41) is 5.24. The van der Waals surface area contributed by atoms with Crippen LogP contribution in [-0.2, 0) is 22.7 Å². The Morgan fingerprint density at radius 3 is 2.80 bits per heavy atom. The number of alkyl halides is 2. The molecule has 3 aliphatic heterocycles. The zero-order valence-corrected chi connectivity index (χ0v) is 16.7. The van der Waals surface area contributed by atoms with Crippen LogP contribution < -0.4 is 10.6 Å². The second-order valence-corrected chi connectivity index (χ2v) is 8.27. The van der Waals surface area contributed by atoms with Gasteiger partial charge in [0, 0.05) is 37.7 Å². The number of piperidine rings is 2. The molecule has 0 radical (unpaired) electrons. The number of amides is 3. The van der Waals surface area contributed by atoms with E-state index in [1.165, 1.54) is 0 Å². The van der Waals surface area contributed by atoms with Gasteiger partial charge < -0.3 is 10.2 Å². The monoisotopic (exact) mass is 420 g/mol. The molecule has 3 heterocycles. The molecular formula is C21H26F2N4O3. The van der Waals surface area contributed by atoms with Crippen molar-refractivity contribution in [3.05, 3.63) is 34.9 Å². The maximum absolute atomic E-state index is 12.8. The van der Waals surface area contributed by atoms with Crippen LogP contribution in [0.3, 0.4) is 0 Å². The summed E-state index contributed by atoms with van der Waals surface area (Å²) in [6, 6.07) is 5.16. The topological polar surface area (TPSA) is 81.8 Å².